The molecule has 1 aromatic carbocycles. The van der Waals surface area contributed by atoms with Crippen molar-refractivity contribution in [3.05, 3.63) is 48.6 Å². The van der Waals surface area contributed by atoms with Crippen molar-refractivity contribution in [3.8, 4) is 0 Å². The van der Waals surface area contributed by atoms with E-state index in [1.807, 2.05) is 0 Å². The first-order valence-corrected chi connectivity index (χ1v) is 8.16. The molecular formula is C20H30. The molecule has 0 fully saturated rings. The summed E-state index contributed by atoms with van der Waals surface area (Å²) in [6, 6.07) is 8.63. The summed E-state index contributed by atoms with van der Waals surface area (Å²) in [7, 11) is 0. The van der Waals surface area contributed by atoms with Gasteiger partial charge in [0, 0.05) is 0 Å². The average Bonchev–Trinajstić information content (AvgIpc) is 2.47. The molecule has 0 aliphatic carbocycles. The van der Waals surface area contributed by atoms with Gasteiger partial charge in [0.05, 0.1) is 0 Å². The van der Waals surface area contributed by atoms with Crippen molar-refractivity contribution in [1.29, 1.82) is 0 Å². The molecule has 0 amide bonds. The third-order valence-electron chi connectivity index (χ3n) is 3.85. The molecule has 0 N–H and O–H groups in total. The molecule has 1 rings (SSSR count). The zero-order chi connectivity index (χ0) is 14.8. The second-order valence-corrected chi connectivity index (χ2v) is 5.67. The predicted octanol–water partition coefficient (Wildman–Crippen LogP) is 6.87. The maximum absolute atomic E-state index is 4.30. The zero-order valence-electron chi connectivity index (χ0n) is 13.4. The molecule has 0 spiro atoms. The van der Waals surface area contributed by atoms with E-state index in [1.54, 1.807) is 0 Å². The first-order valence-electron chi connectivity index (χ1n) is 8.16. The predicted molar refractivity (Wildman–Crippen MR) is 92.8 cm³/mol. The SMILES string of the molecule is C=C(CCCCC)c1ccccc1C(=C)CCCCC. The van der Waals surface area contributed by atoms with E-state index in [9.17, 15) is 0 Å². The molecule has 0 saturated carbocycles. The summed E-state index contributed by atoms with van der Waals surface area (Å²) < 4.78 is 0. The van der Waals surface area contributed by atoms with Crippen LogP contribution < -0.4 is 0 Å². The van der Waals surface area contributed by atoms with Crippen LogP contribution in [0, 0.1) is 0 Å². The highest BCUT2D eigenvalue weighted by atomic mass is 14.1. The lowest BCUT2D eigenvalue weighted by molar-refractivity contribution is 0.733. The molecule has 0 heteroatoms. The summed E-state index contributed by atoms with van der Waals surface area (Å²) in [6.45, 7) is 13.1. The van der Waals surface area contributed by atoms with Crippen LogP contribution >= 0.6 is 0 Å². The van der Waals surface area contributed by atoms with Gasteiger partial charge in [-0.25, -0.2) is 0 Å². The fraction of sp³-hybridized carbons (Fsp3) is 0.500. The first-order chi connectivity index (χ1) is 9.70. The number of rotatable bonds is 10. The maximum Gasteiger partial charge on any atom is -0.0155 e. The van der Waals surface area contributed by atoms with E-state index < -0.39 is 0 Å². The molecule has 110 valence electrons. The molecule has 0 aromatic heterocycles. The van der Waals surface area contributed by atoms with Gasteiger partial charge in [0.15, 0.2) is 0 Å². The van der Waals surface area contributed by atoms with Gasteiger partial charge < -0.3 is 0 Å². The molecule has 0 heterocycles. The highest BCUT2D eigenvalue weighted by Crippen LogP contribution is 2.29. The van der Waals surface area contributed by atoms with Crippen LogP contribution in [-0.2, 0) is 0 Å². The van der Waals surface area contributed by atoms with Gasteiger partial charge in [0.25, 0.3) is 0 Å². The minimum atomic E-state index is 1.10. The Morgan fingerprint density at radius 2 is 1.15 bits per heavy atom. The smallest absolute Gasteiger partial charge is 0.0155 e. The zero-order valence-corrected chi connectivity index (χ0v) is 13.4. The summed E-state index contributed by atoms with van der Waals surface area (Å²) in [4.78, 5) is 0. The Kier molecular flexibility index (Phi) is 8.02. The lowest BCUT2D eigenvalue weighted by atomic mass is 9.91. The van der Waals surface area contributed by atoms with Gasteiger partial charge in [-0.2, -0.15) is 0 Å². The molecule has 0 radical (unpaired) electrons. The van der Waals surface area contributed by atoms with Gasteiger partial charge in [-0.05, 0) is 48.0 Å². The monoisotopic (exact) mass is 270 g/mol. The summed E-state index contributed by atoms with van der Waals surface area (Å²) in [5.41, 5.74) is 5.16. The molecule has 0 saturated heterocycles. The van der Waals surface area contributed by atoms with Crippen molar-refractivity contribution in [1.82, 2.24) is 0 Å². The number of benzene rings is 1. The van der Waals surface area contributed by atoms with Crippen molar-refractivity contribution in [2.24, 2.45) is 0 Å². The molecular weight excluding hydrogens is 240 g/mol. The largest absolute Gasteiger partial charge is 0.0952 e. The third kappa shape index (κ3) is 5.36. The summed E-state index contributed by atoms with van der Waals surface area (Å²) >= 11 is 0. The molecule has 0 unspecified atom stereocenters. The van der Waals surface area contributed by atoms with E-state index in [0.717, 1.165) is 12.8 Å². The molecule has 0 atom stereocenters. The summed E-state index contributed by atoms with van der Waals surface area (Å²) in [6.07, 6.45) is 9.80. The highest BCUT2D eigenvalue weighted by molar-refractivity contribution is 5.78. The number of allylic oxidation sites excluding steroid dienone is 2. The average molecular weight is 270 g/mol. The lowest BCUT2D eigenvalue weighted by Gasteiger charge is -2.14. The Balaban J connectivity index is 2.71. The van der Waals surface area contributed by atoms with Gasteiger partial charge in [-0.15, -0.1) is 0 Å². The van der Waals surface area contributed by atoms with E-state index in [-0.39, 0.29) is 0 Å². The fourth-order valence-corrected chi connectivity index (χ4v) is 2.55. The topological polar surface area (TPSA) is 0 Å². The summed E-state index contributed by atoms with van der Waals surface area (Å²) in [5.74, 6) is 0. The third-order valence-corrected chi connectivity index (χ3v) is 3.85. The Morgan fingerprint density at radius 1 is 0.750 bits per heavy atom. The summed E-state index contributed by atoms with van der Waals surface area (Å²) in [5, 5.41) is 0. The van der Waals surface area contributed by atoms with Crippen LogP contribution in [0.5, 0.6) is 0 Å². The van der Waals surface area contributed by atoms with Gasteiger partial charge in [0.1, 0.15) is 0 Å². The number of hydrogen-bond donors (Lipinski definition) is 0. The molecule has 0 nitrogen and oxygen atoms in total. The van der Waals surface area contributed by atoms with E-state index in [2.05, 4.69) is 51.3 Å². The molecule has 0 aliphatic rings. The van der Waals surface area contributed by atoms with Crippen molar-refractivity contribution < 1.29 is 0 Å². The first kappa shape index (κ1) is 16.8. The van der Waals surface area contributed by atoms with E-state index >= 15 is 0 Å². The van der Waals surface area contributed by atoms with Gasteiger partial charge in [-0.3, -0.25) is 0 Å². The fourth-order valence-electron chi connectivity index (χ4n) is 2.55. The van der Waals surface area contributed by atoms with Crippen molar-refractivity contribution in [2.45, 2.75) is 65.2 Å². The van der Waals surface area contributed by atoms with E-state index in [4.69, 9.17) is 0 Å². The Hall–Kier alpha value is -1.30. The van der Waals surface area contributed by atoms with Crippen LogP contribution in [-0.4, -0.2) is 0 Å². The Labute approximate surface area is 125 Å². The van der Waals surface area contributed by atoms with Crippen molar-refractivity contribution in [3.63, 3.8) is 0 Å². The van der Waals surface area contributed by atoms with Crippen LogP contribution in [0.15, 0.2) is 37.4 Å². The minimum Gasteiger partial charge on any atom is -0.0952 e. The van der Waals surface area contributed by atoms with E-state index in [0.29, 0.717) is 0 Å². The van der Waals surface area contributed by atoms with Crippen LogP contribution in [0.4, 0.5) is 0 Å². The molecule has 0 aliphatic heterocycles. The number of unbranched alkanes of at least 4 members (excludes halogenated alkanes) is 4. The maximum atomic E-state index is 4.30. The Morgan fingerprint density at radius 3 is 1.50 bits per heavy atom. The van der Waals surface area contributed by atoms with Crippen LogP contribution in [0.25, 0.3) is 11.1 Å². The molecule has 20 heavy (non-hydrogen) atoms. The Bertz CT molecular complexity index is 384. The second-order valence-electron chi connectivity index (χ2n) is 5.67. The second kappa shape index (κ2) is 9.58. The number of hydrogen-bond acceptors (Lipinski definition) is 0. The van der Waals surface area contributed by atoms with Gasteiger partial charge in [-0.1, -0.05) is 77.0 Å². The van der Waals surface area contributed by atoms with Gasteiger partial charge in [0.2, 0.25) is 0 Å². The highest BCUT2D eigenvalue weighted by Gasteiger charge is 2.08. The van der Waals surface area contributed by atoms with Crippen molar-refractivity contribution >= 4 is 11.1 Å². The molecule has 1 aromatic rings. The quantitative estimate of drug-likeness (QED) is 0.407. The van der Waals surface area contributed by atoms with Crippen LogP contribution in [0.3, 0.4) is 0 Å². The van der Waals surface area contributed by atoms with Crippen LogP contribution in [0.2, 0.25) is 0 Å². The van der Waals surface area contributed by atoms with E-state index in [1.165, 1.54) is 60.8 Å². The normalized spacial score (nSPS) is 10.5. The minimum absolute atomic E-state index is 1.10. The van der Waals surface area contributed by atoms with Crippen LogP contribution in [0.1, 0.15) is 76.3 Å². The lowest BCUT2D eigenvalue weighted by Crippen LogP contribution is -1.93. The standard InChI is InChI=1S/C20H30/c1-5-7-9-13-17(3)19-15-11-12-16-20(19)18(4)14-10-8-6-2/h11-12,15-16H,3-10,13-14H2,1-2H3. The van der Waals surface area contributed by atoms with Gasteiger partial charge >= 0.3 is 0 Å². The molecule has 0 bridgehead atoms. The van der Waals surface area contributed by atoms with Crippen molar-refractivity contribution in [2.75, 3.05) is 0 Å².